The summed E-state index contributed by atoms with van der Waals surface area (Å²) in [5, 5.41) is 28.8. The van der Waals surface area contributed by atoms with Crippen molar-refractivity contribution >= 4 is 132 Å². The number of aliphatic imine (C=N–C) groups is 1. The van der Waals surface area contributed by atoms with E-state index in [1.165, 1.54) is 0 Å². The predicted molar refractivity (Wildman–Crippen MR) is 591 cm³/mol. The molecule has 0 amide bonds. The topological polar surface area (TPSA) is 418 Å². The number of halogens is 1. The van der Waals surface area contributed by atoms with Crippen molar-refractivity contribution in [3.05, 3.63) is 266 Å². The van der Waals surface area contributed by atoms with Crippen LogP contribution in [-0.4, -0.2) is 252 Å². The molecule has 18 heterocycles. The summed E-state index contributed by atoms with van der Waals surface area (Å²) in [6, 6.07) is 63.1. The highest BCUT2D eigenvalue weighted by Crippen LogP contribution is 2.39. The molecular weight excluding hydrogens is 2060 g/mol. The Kier molecular flexibility index (Phi) is 34.4. The first-order chi connectivity index (χ1) is 71.3. The summed E-state index contributed by atoms with van der Waals surface area (Å²) < 4.78 is 144. The Hall–Kier alpha value is -12.2. The van der Waals surface area contributed by atoms with Crippen molar-refractivity contribution in [3.8, 4) is 80.3 Å². The number of likely N-dealkylation sites (tertiary alicyclic amines) is 2. The van der Waals surface area contributed by atoms with E-state index in [4.69, 9.17) is 47.3 Å². The van der Waals surface area contributed by atoms with Crippen LogP contribution in [0.3, 0.4) is 0 Å². The van der Waals surface area contributed by atoms with Gasteiger partial charge < -0.3 is 43.6 Å². The normalized spacial score (nSPS) is 18.7. The maximum absolute atomic E-state index is 12.0. The first-order valence-electron chi connectivity index (χ1n) is 49.8. The maximum atomic E-state index is 12.0. The van der Waals surface area contributed by atoms with Crippen LogP contribution in [0.15, 0.2) is 243 Å². The fourth-order valence-corrected chi connectivity index (χ4v) is 27.1. The molecule has 0 spiro atoms. The van der Waals surface area contributed by atoms with Crippen molar-refractivity contribution in [3.63, 3.8) is 0 Å². The van der Waals surface area contributed by atoms with E-state index in [1.54, 1.807) is 61.6 Å². The molecule has 2 N–H and O–H groups in total. The zero-order valence-electron chi connectivity index (χ0n) is 85.4. The number of aliphatic hydroxyl groups excluding tert-OH is 1. The molecule has 6 saturated heterocycles. The highest BCUT2D eigenvalue weighted by molar-refractivity contribution is 7.93. The molecule has 15 aromatic rings. The SMILES string of the molecule is C[Si](C)(C)CCOCn1nccc1-c1ccc(Oc2ccc3nc(CN4CC5CC4CS5(=O)=O)ccc3c2)nc1.C[Si](C)(C)CCOCn1nccc1-c1ccc(Oc2ccc3nc(CO)ccc3c2)nc1.C[Si](C)(C)CCOCn1nccc1-c1ccc(Oc2ccc3nc(COS(C)(=O)=O)ccc3c2)nc1.Cl.O=S1(=O)CC2CC1CN2.O=S1(=O)CC2CC1CN2Cc1ccc2cc(Oc3ccc(C4=CC=NC4)cn3)ccc2n1. The summed E-state index contributed by atoms with van der Waals surface area (Å²) in [6.07, 6.45) is 19.6. The average Bonchev–Trinajstić information content (AvgIpc) is 1.60. The van der Waals surface area contributed by atoms with Gasteiger partial charge in [0.25, 0.3) is 10.1 Å². The number of hydrogen-bond donors (Lipinski definition) is 2. The molecule has 0 aliphatic carbocycles. The number of nitrogens with zero attached hydrogens (tertiary/aromatic N) is 17. The molecule has 0 saturated carbocycles. The third-order valence-electron chi connectivity index (χ3n) is 26.7. The van der Waals surface area contributed by atoms with Gasteiger partial charge in [-0.25, -0.2) is 59.2 Å². The fraction of sp³-hybridized carbons (Fsp3) is 0.364. The molecule has 6 atom stereocenters. The first kappa shape index (κ1) is 109. The third kappa shape index (κ3) is 29.2. The Bertz CT molecular complexity index is 7840. The predicted octanol–water partition coefficient (Wildman–Crippen LogP) is 18.0. The Morgan fingerprint density at radius 3 is 1.06 bits per heavy atom. The number of fused-ring (bicyclic) bond motifs is 10. The second-order valence-corrected chi connectivity index (χ2v) is 67.4. The van der Waals surface area contributed by atoms with E-state index in [1.807, 2.05) is 196 Å². The van der Waals surface area contributed by atoms with E-state index >= 15 is 0 Å². The number of pyridine rings is 8. The van der Waals surface area contributed by atoms with Gasteiger partial charge in [0.15, 0.2) is 29.5 Å². The molecule has 35 nitrogen and oxygen atoms in total. The van der Waals surface area contributed by atoms with Gasteiger partial charge in [0.1, 0.15) is 49.8 Å². The Balaban J connectivity index is 0.000000132. The van der Waals surface area contributed by atoms with Crippen LogP contribution < -0.4 is 24.3 Å². The van der Waals surface area contributed by atoms with Gasteiger partial charge in [-0.1, -0.05) is 83.2 Å². The lowest BCUT2D eigenvalue weighted by Crippen LogP contribution is -2.40. The second kappa shape index (κ2) is 47.3. The summed E-state index contributed by atoms with van der Waals surface area (Å²) >= 11 is 0. The number of nitrogens with one attached hydrogen (secondary N) is 1. The first-order valence-corrected chi connectivity index (χ1v) is 67.9. The summed E-state index contributed by atoms with van der Waals surface area (Å²) in [6.45, 7) is 28.3. The number of aromatic nitrogens is 14. The quantitative estimate of drug-likeness (QED) is 0.0212. The van der Waals surface area contributed by atoms with Crippen LogP contribution in [-0.2, 0) is 105 Å². The minimum Gasteiger partial charge on any atom is -0.439 e. The summed E-state index contributed by atoms with van der Waals surface area (Å²) in [5.41, 5.74) is 14.2. The van der Waals surface area contributed by atoms with Crippen LogP contribution in [0, 0.1) is 0 Å². The van der Waals surface area contributed by atoms with Crippen LogP contribution >= 0.6 is 12.4 Å². The largest absolute Gasteiger partial charge is 0.439 e. The number of rotatable bonds is 35. The lowest BCUT2D eigenvalue weighted by molar-refractivity contribution is 0.0797. The van der Waals surface area contributed by atoms with Gasteiger partial charge in [-0.3, -0.25) is 38.9 Å². The lowest BCUT2D eigenvalue weighted by atomic mass is 10.1. The molecule has 6 fully saturated rings. The van der Waals surface area contributed by atoms with Crippen LogP contribution in [0.1, 0.15) is 47.6 Å². The summed E-state index contributed by atoms with van der Waals surface area (Å²) in [5.74, 6) is 5.63. The number of sulfone groups is 3. The maximum Gasteiger partial charge on any atom is 0.264 e. The highest BCUT2D eigenvalue weighted by atomic mass is 35.5. The second-order valence-electron chi connectivity index (χ2n) is 41.9. The number of hydrogen-bond acceptors (Lipinski definition) is 32. The molecule has 6 bridgehead atoms. The molecular formula is C107H125ClN18O17S4Si3. The van der Waals surface area contributed by atoms with Crippen molar-refractivity contribution in [1.29, 1.82) is 0 Å². The van der Waals surface area contributed by atoms with Crippen LogP contribution in [0.25, 0.3) is 83.0 Å². The number of ether oxygens (including phenoxy) is 7. The average molecular weight is 2180 g/mol. The van der Waals surface area contributed by atoms with Crippen LogP contribution in [0.4, 0.5) is 0 Å². The van der Waals surface area contributed by atoms with Gasteiger partial charge >= 0.3 is 0 Å². The van der Waals surface area contributed by atoms with Gasteiger partial charge in [-0.2, -0.15) is 23.7 Å². The molecule has 22 rings (SSSR count). The zero-order chi connectivity index (χ0) is 104. The van der Waals surface area contributed by atoms with Crippen LogP contribution in [0.2, 0.25) is 77.1 Å². The molecule has 6 unspecified atom stereocenters. The van der Waals surface area contributed by atoms with Gasteiger partial charge in [0.05, 0.1) is 114 Å². The van der Waals surface area contributed by atoms with E-state index in [0.29, 0.717) is 129 Å². The van der Waals surface area contributed by atoms with Crippen molar-refractivity contribution in [1.82, 2.24) is 84.3 Å². The molecule has 0 radical (unpaired) electrons. The van der Waals surface area contributed by atoms with Gasteiger partial charge in [-0.05, 0) is 194 Å². The number of aliphatic hydroxyl groups is 1. The molecule has 11 aromatic heterocycles. The molecule has 7 aliphatic rings. The smallest absolute Gasteiger partial charge is 0.264 e. The molecule has 4 aromatic carbocycles. The molecule has 7 aliphatic heterocycles. The summed E-state index contributed by atoms with van der Waals surface area (Å²) in [7, 11) is -15.3. The van der Waals surface area contributed by atoms with Crippen molar-refractivity contribution < 1.29 is 76.1 Å². The van der Waals surface area contributed by atoms with Crippen LogP contribution in [0.5, 0.6) is 46.5 Å². The molecule has 150 heavy (non-hydrogen) atoms. The Labute approximate surface area is 883 Å². The van der Waals surface area contributed by atoms with Crippen molar-refractivity contribution in [2.45, 2.75) is 177 Å². The Morgan fingerprint density at radius 2 is 0.767 bits per heavy atom. The van der Waals surface area contributed by atoms with E-state index in [9.17, 15) is 38.8 Å². The van der Waals surface area contributed by atoms with E-state index in [0.717, 1.165) is 158 Å². The van der Waals surface area contributed by atoms with Gasteiger partial charge in [0.2, 0.25) is 23.5 Å². The van der Waals surface area contributed by atoms with Gasteiger partial charge in [-0.15, -0.1) is 12.4 Å². The summed E-state index contributed by atoms with van der Waals surface area (Å²) in [4.78, 5) is 45.0. The van der Waals surface area contributed by atoms with Crippen molar-refractivity contribution in [2.24, 2.45) is 4.99 Å². The number of allylic oxidation sites excluding steroid dienone is 1. The minimum atomic E-state index is -3.52. The fourth-order valence-electron chi connectivity index (χ4n) is 18.4. The number of benzene rings is 4. The van der Waals surface area contributed by atoms with E-state index in [2.05, 4.69) is 124 Å². The van der Waals surface area contributed by atoms with Gasteiger partial charge in [0, 0.05) is 207 Å². The Morgan fingerprint density at radius 1 is 0.413 bits per heavy atom. The highest BCUT2D eigenvalue weighted by Gasteiger charge is 2.50. The standard InChI is InChI=1S/C29H35N5O4SSi.C25H30N4O5SSi.C24H22N4O3S.C24H28N4O3Si.C5H9NO2S.ClH/c1-40(2,3)13-12-37-20-34-28(10-11-31-34)22-5-9-29(30-16-22)38-25-7-8-27-21(14-25)4-6-23(32-27)17-33-18-26-15-24(33)19-39(26,35)36;1-35(30,31)33-17-21-7-5-19-15-22(8-9-23(19)28-21)34-25-10-6-20(16-26-25)24-11-12-27-29(24)18-32-13-14-36(2,3)4;29-32(30)15-20-10-22(32)14-28(20)13-19-3-1-16-9-21(4-5-23(16)27-19)31-24-6-2-17(12-26-24)18-7-8-25-11-18;1-32(2,3)13-12-30-17-28-23(10-11-26-28)19-5-9-24(25-15-19)31-21-7-8-22-18(14-21)4-6-20(16-29)27-22;7-9(8)3-4-1-5(9)2-6-4;/h4-11,14,16,24,26H,12-13,15,17-20H2,1-3H3;5-12,15-16H,13-14,17-18H2,1-4H3;1-9,12,20,22H,10-11,13-15H2;4-11,14-15,29H,12-13,16-17H2,1-3H3;4-6H,1-3H2;1H. The van der Waals surface area contributed by atoms with E-state index < -0.39 is 63.9 Å². The van der Waals surface area contributed by atoms with E-state index in [-0.39, 0.29) is 71.0 Å². The molecule has 788 valence electrons. The molecule has 43 heteroatoms. The third-order valence-corrected chi connectivity index (χ3v) is 39.0. The minimum absolute atomic E-state index is 0. The lowest BCUT2D eigenvalue weighted by Gasteiger charge is -2.26. The zero-order valence-corrected chi connectivity index (χ0v) is 92.5. The monoisotopic (exact) mass is 2180 g/mol. The van der Waals surface area contributed by atoms with Crippen molar-refractivity contribution in [2.75, 3.05) is 69.5 Å².